The third kappa shape index (κ3) is 2.71. The standard InChI is InChI=1S/C14H13N3OS/c18-19(14-7-3-4-9-15-14)10-8-13-16-11-5-1-2-6-12(11)17-13/h1-7,9H,8,10H2,(H,16,17). The number of para-hydroxylation sites is 2. The number of imidazole rings is 1. The summed E-state index contributed by atoms with van der Waals surface area (Å²) >= 11 is 0. The number of aromatic amines is 1. The highest BCUT2D eigenvalue weighted by Gasteiger charge is 2.07. The Morgan fingerprint density at radius 3 is 2.74 bits per heavy atom. The molecule has 0 aliphatic carbocycles. The number of aromatic nitrogens is 3. The Labute approximate surface area is 113 Å². The minimum Gasteiger partial charge on any atom is -0.342 e. The Hall–Kier alpha value is -2.01. The molecular weight excluding hydrogens is 258 g/mol. The van der Waals surface area contributed by atoms with Crippen LogP contribution in [0.2, 0.25) is 0 Å². The van der Waals surface area contributed by atoms with Gasteiger partial charge in [0.05, 0.1) is 21.8 Å². The van der Waals surface area contributed by atoms with E-state index in [4.69, 9.17) is 0 Å². The summed E-state index contributed by atoms with van der Waals surface area (Å²) in [6.45, 7) is 0. The SMILES string of the molecule is O=S(CCc1nc2ccccc2[nH]1)c1ccccn1. The zero-order valence-electron chi connectivity index (χ0n) is 10.2. The average molecular weight is 271 g/mol. The number of fused-ring (bicyclic) bond motifs is 1. The van der Waals surface area contributed by atoms with Gasteiger partial charge in [0.1, 0.15) is 10.9 Å². The van der Waals surface area contributed by atoms with E-state index in [1.807, 2.05) is 36.4 Å². The van der Waals surface area contributed by atoms with Crippen LogP contribution >= 0.6 is 0 Å². The molecule has 2 aromatic heterocycles. The van der Waals surface area contributed by atoms with Crippen molar-refractivity contribution in [1.82, 2.24) is 15.0 Å². The Morgan fingerprint density at radius 2 is 1.95 bits per heavy atom. The van der Waals surface area contributed by atoms with Gasteiger partial charge in [-0.15, -0.1) is 0 Å². The Morgan fingerprint density at radius 1 is 1.11 bits per heavy atom. The summed E-state index contributed by atoms with van der Waals surface area (Å²) in [6.07, 6.45) is 2.31. The molecule has 3 aromatic rings. The van der Waals surface area contributed by atoms with Gasteiger partial charge in [0.25, 0.3) is 0 Å². The third-order valence-corrected chi connectivity index (χ3v) is 4.12. The van der Waals surface area contributed by atoms with Crippen LogP contribution < -0.4 is 0 Å². The molecule has 1 unspecified atom stereocenters. The normalized spacial score (nSPS) is 12.6. The predicted octanol–water partition coefficient (Wildman–Crippen LogP) is 2.31. The minimum absolute atomic E-state index is 0.525. The van der Waals surface area contributed by atoms with E-state index in [1.54, 1.807) is 12.3 Å². The van der Waals surface area contributed by atoms with E-state index in [1.165, 1.54) is 0 Å². The number of aryl methyl sites for hydroxylation is 1. The molecule has 0 saturated heterocycles. The maximum absolute atomic E-state index is 12.0. The van der Waals surface area contributed by atoms with E-state index in [0.29, 0.717) is 17.2 Å². The first-order valence-corrected chi connectivity index (χ1v) is 7.38. The molecular formula is C14H13N3OS. The van der Waals surface area contributed by atoms with Crippen LogP contribution in [0.1, 0.15) is 5.82 Å². The van der Waals surface area contributed by atoms with Crippen LogP contribution in [0, 0.1) is 0 Å². The first-order chi connectivity index (χ1) is 9.33. The van der Waals surface area contributed by atoms with Crippen LogP contribution in [0.4, 0.5) is 0 Å². The number of nitrogens with one attached hydrogen (secondary N) is 1. The van der Waals surface area contributed by atoms with Crippen LogP contribution in [0.15, 0.2) is 53.7 Å². The number of H-pyrrole nitrogens is 1. The lowest BCUT2D eigenvalue weighted by Crippen LogP contribution is -2.04. The topological polar surface area (TPSA) is 58.6 Å². The summed E-state index contributed by atoms with van der Waals surface area (Å²) in [7, 11) is -1.08. The van der Waals surface area contributed by atoms with Crippen molar-refractivity contribution in [2.75, 3.05) is 5.75 Å². The van der Waals surface area contributed by atoms with Crippen molar-refractivity contribution >= 4 is 21.8 Å². The zero-order chi connectivity index (χ0) is 13.1. The van der Waals surface area contributed by atoms with Gasteiger partial charge in [-0.1, -0.05) is 18.2 Å². The number of benzene rings is 1. The van der Waals surface area contributed by atoms with Crippen molar-refractivity contribution < 1.29 is 4.21 Å². The summed E-state index contributed by atoms with van der Waals surface area (Å²) in [5, 5.41) is 0.624. The lowest BCUT2D eigenvalue weighted by molar-refractivity contribution is 0.679. The predicted molar refractivity (Wildman–Crippen MR) is 75.3 cm³/mol. The van der Waals surface area contributed by atoms with Crippen molar-refractivity contribution in [1.29, 1.82) is 0 Å². The van der Waals surface area contributed by atoms with Gasteiger partial charge in [-0.05, 0) is 24.3 Å². The van der Waals surface area contributed by atoms with Crippen LogP contribution in [-0.4, -0.2) is 24.9 Å². The van der Waals surface area contributed by atoms with E-state index in [0.717, 1.165) is 16.9 Å². The monoisotopic (exact) mass is 271 g/mol. The molecule has 0 bridgehead atoms. The molecule has 0 amide bonds. The highest BCUT2D eigenvalue weighted by atomic mass is 32.2. The van der Waals surface area contributed by atoms with E-state index in [2.05, 4.69) is 15.0 Å². The number of pyridine rings is 1. The fourth-order valence-electron chi connectivity index (χ4n) is 1.90. The van der Waals surface area contributed by atoms with E-state index in [-0.39, 0.29) is 0 Å². The number of nitrogens with zero attached hydrogens (tertiary/aromatic N) is 2. The molecule has 0 radical (unpaired) electrons. The summed E-state index contributed by atoms with van der Waals surface area (Å²) in [6, 6.07) is 13.3. The molecule has 3 rings (SSSR count). The Kier molecular flexibility index (Phi) is 3.37. The lowest BCUT2D eigenvalue weighted by Gasteiger charge is -1.99. The van der Waals surface area contributed by atoms with Crippen molar-refractivity contribution in [3.63, 3.8) is 0 Å². The lowest BCUT2D eigenvalue weighted by atomic mass is 10.3. The maximum atomic E-state index is 12.0. The van der Waals surface area contributed by atoms with Crippen molar-refractivity contribution in [2.45, 2.75) is 11.4 Å². The van der Waals surface area contributed by atoms with Gasteiger partial charge in [-0.25, -0.2) is 9.97 Å². The largest absolute Gasteiger partial charge is 0.342 e. The fraction of sp³-hybridized carbons (Fsp3) is 0.143. The quantitative estimate of drug-likeness (QED) is 0.792. The van der Waals surface area contributed by atoms with E-state index < -0.39 is 10.8 Å². The molecule has 1 atom stereocenters. The fourth-order valence-corrected chi connectivity index (χ4v) is 2.90. The summed E-state index contributed by atoms with van der Waals surface area (Å²) in [5.74, 6) is 1.39. The zero-order valence-corrected chi connectivity index (χ0v) is 11.1. The molecule has 0 fully saturated rings. The average Bonchev–Trinajstić information content (AvgIpc) is 2.88. The van der Waals surface area contributed by atoms with Gasteiger partial charge in [0.15, 0.2) is 0 Å². The van der Waals surface area contributed by atoms with E-state index in [9.17, 15) is 4.21 Å². The molecule has 19 heavy (non-hydrogen) atoms. The second-order valence-corrected chi connectivity index (χ2v) is 5.69. The van der Waals surface area contributed by atoms with Crippen LogP contribution in [0.3, 0.4) is 0 Å². The van der Waals surface area contributed by atoms with Crippen LogP contribution in [0.5, 0.6) is 0 Å². The number of rotatable bonds is 4. The third-order valence-electron chi connectivity index (χ3n) is 2.83. The maximum Gasteiger partial charge on any atom is 0.127 e. The second kappa shape index (κ2) is 5.32. The van der Waals surface area contributed by atoms with Crippen LogP contribution in [-0.2, 0) is 17.2 Å². The molecule has 1 aromatic carbocycles. The molecule has 5 heteroatoms. The molecule has 4 nitrogen and oxygen atoms in total. The van der Waals surface area contributed by atoms with Crippen molar-refractivity contribution in [3.05, 3.63) is 54.5 Å². The molecule has 1 N–H and O–H groups in total. The second-order valence-electron chi connectivity index (χ2n) is 4.17. The highest BCUT2D eigenvalue weighted by molar-refractivity contribution is 7.84. The first-order valence-electron chi connectivity index (χ1n) is 6.06. The van der Waals surface area contributed by atoms with Crippen molar-refractivity contribution in [2.24, 2.45) is 0 Å². The summed E-state index contributed by atoms with van der Waals surface area (Å²) < 4.78 is 12.0. The smallest absolute Gasteiger partial charge is 0.127 e. The van der Waals surface area contributed by atoms with Gasteiger partial charge in [0.2, 0.25) is 0 Å². The molecule has 96 valence electrons. The van der Waals surface area contributed by atoms with Gasteiger partial charge in [-0.2, -0.15) is 0 Å². The molecule has 2 heterocycles. The minimum atomic E-state index is -1.08. The van der Waals surface area contributed by atoms with Gasteiger partial charge < -0.3 is 4.98 Å². The number of hydrogen-bond acceptors (Lipinski definition) is 3. The Bertz CT molecular complexity index is 676. The number of hydrogen-bond donors (Lipinski definition) is 1. The van der Waals surface area contributed by atoms with Gasteiger partial charge in [-0.3, -0.25) is 4.21 Å². The summed E-state index contributed by atoms with van der Waals surface area (Å²) in [5.41, 5.74) is 1.96. The van der Waals surface area contributed by atoms with E-state index >= 15 is 0 Å². The first kappa shape index (κ1) is 12.0. The van der Waals surface area contributed by atoms with Gasteiger partial charge >= 0.3 is 0 Å². The Balaban J connectivity index is 1.71. The summed E-state index contributed by atoms with van der Waals surface area (Å²) in [4.78, 5) is 11.8. The molecule has 0 aliphatic rings. The van der Waals surface area contributed by atoms with Gasteiger partial charge in [0, 0.05) is 18.4 Å². The molecule has 0 saturated carbocycles. The molecule has 0 aliphatic heterocycles. The van der Waals surface area contributed by atoms with Crippen molar-refractivity contribution in [3.8, 4) is 0 Å². The van der Waals surface area contributed by atoms with Crippen LogP contribution in [0.25, 0.3) is 11.0 Å². The highest BCUT2D eigenvalue weighted by Crippen LogP contribution is 2.11. The molecule has 0 spiro atoms.